The van der Waals surface area contributed by atoms with Gasteiger partial charge in [-0.25, -0.2) is 0 Å². The van der Waals surface area contributed by atoms with Gasteiger partial charge in [-0.3, -0.25) is 14.5 Å². The topological polar surface area (TPSA) is 85.8 Å². The molecule has 0 saturated heterocycles. The molecule has 112 valence electrons. The Kier molecular flexibility index (Phi) is 3.69. The molecule has 1 amide bonds. The van der Waals surface area contributed by atoms with Crippen LogP contribution >= 0.6 is 0 Å². The molecular weight excluding hydrogens is 282 g/mol. The highest BCUT2D eigenvalue weighted by Crippen LogP contribution is 2.14. The highest BCUT2D eigenvalue weighted by molar-refractivity contribution is 6.03. The third-order valence-corrected chi connectivity index (χ3v) is 3.31. The Morgan fingerprint density at radius 2 is 2.23 bits per heavy atom. The van der Waals surface area contributed by atoms with Crippen LogP contribution in [0.2, 0.25) is 0 Å². The van der Waals surface area contributed by atoms with Gasteiger partial charge in [-0.2, -0.15) is 5.10 Å². The quantitative estimate of drug-likeness (QED) is 0.797. The van der Waals surface area contributed by atoms with Crippen LogP contribution in [0.3, 0.4) is 0 Å². The van der Waals surface area contributed by atoms with Crippen molar-refractivity contribution in [2.75, 3.05) is 5.32 Å². The number of amides is 1. The molecule has 0 radical (unpaired) electrons. The largest absolute Gasteiger partial charge is 0.361 e. The van der Waals surface area contributed by atoms with Crippen LogP contribution in [0.15, 0.2) is 41.3 Å². The lowest BCUT2D eigenvalue weighted by molar-refractivity contribution is 0.102. The van der Waals surface area contributed by atoms with E-state index in [2.05, 4.69) is 20.6 Å². The van der Waals surface area contributed by atoms with E-state index >= 15 is 0 Å². The van der Waals surface area contributed by atoms with Gasteiger partial charge in [-0.15, -0.1) is 0 Å². The van der Waals surface area contributed by atoms with Crippen molar-refractivity contribution < 1.29 is 9.32 Å². The zero-order chi connectivity index (χ0) is 15.5. The van der Waals surface area contributed by atoms with Gasteiger partial charge in [-0.1, -0.05) is 5.16 Å². The Morgan fingerprint density at radius 3 is 2.91 bits per heavy atom. The zero-order valence-corrected chi connectivity index (χ0v) is 12.3. The Hall–Kier alpha value is -2.96. The van der Waals surface area contributed by atoms with Crippen molar-refractivity contribution in [3.8, 4) is 0 Å². The van der Waals surface area contributed by atoms with Crippen LogP contribution < -0.4 is 5.32 Å². The van der Waals surface area contributed by atoms with Crippen molar-refractivity contribution in [3.63, 3.8) is 0 Å². The minimum absolute atomic E-state index is 0.240. The minimum atomic E-state index is -0.240. The van der Waals surface area contributed by atoms with Crippen LogP contribution in [-0.4, -0.2) is 25.8 Å². The van der Waals surface area contributed by atoms with Crippen LogP contribution in [0.5, 0.6) is 0 Å². The molecule has 0 unspecified atom stereocenters. The first-order valence-corrected chi connectivity index (χ1v) is 6.80. The molecule has 3 aromatic heterocycles. The van der Waals surface area contributed by atoms with E-state index in [0.717, 1.165) is 17.0 Å². The fourth-order valence-corrected chi connectivity index (χ4v) is 2.09. The SMILES string of the molecule is Cc1noc(C)c1Cn1ccc(NC(=O)c2cccnc2)n1. The van der Waals surface area contributed by atoms with E-state index in [4.69, 9.17) is 4.52 Å². The summed E-state index contributed by atoms with van der Waals surface area (Å²) in [6.45, 7) is 4.30. The summed E-state index contributed by atoms with van der Waals surface area (Å²) in [4.78, 5) is 15.9. The van der Waals surface area contributed by atoms with Crippen LogP contribution in [-0.2, 0) is 6.54 Å². The van der Waals surface area contributed by atoms with Crippen LogP contribution in [0.1, 0.15) is 27.4 Å². The molecule has 0 aliphatic carbocycles. The average Bonchev–Trinajstić information content (AvgIpc) is 3.10. The van der Waals surface area contributed by atoms with E-state index in [0.29, 0.717) is 17.9 Å². The number of nitrogens with one attached hydrogen (secondary N) is 1. The summed E-state index contributed by atoms with van der Waals surface area (Å²) in [5, 5.41) is 11.0. The number of hydrogen-bond acceptors (Lipinski definition) is 5. The molecule has 3 aromatic rings. The van der Waals surface area contributed by atoms with Gasteiger partial charge < -0.3 is 9.84 Å². The van der Waals surface area contributed by atoms with Gasteiger partial charge in [0.05, 0.1) is 17.8 Å². The molecule has 0 atom stereocenters. The van der Waals surface area contributed by atoms with Crippen LogP contribution in [0, 0.1) is 13.8 Å². The number of pyridine rings is 1. The first kappa shape index (κ1) is 14.0. The first-order chi connectivity index (χ1) is 10.6. The lowest BCUT2D eigenvalue weighted by Crippen LogP contribution is -2.13. The average molecular weight is 297 g/mol. The molecule has 0 saturated carbocycles. The van der Waals surface area contributed by atoms with Gasteiger partial charge in [0.25, 0.3) is 5.91 Å². The predicted molar refractivity (Wildman–Crippen MR) is 79.5 cm³/mol. The van der Waals surface area contributed by atoms with Crippen molar-refractivity contribution in [3.05, 3.63) is 59.4 Å². The number of rotatable bonds is 4. The number of carbonyl (C=O) groups is 1. The highest BCUT2D eigenvalue weighted by atomic mass is 16.5. The molecule has 0 spiro atoms. The second kappa shape index (κ2) is 5.80. The second-order valence-corrected chi connectivity index (χ2v) is 4.90. The molecule has 0 bridgehead atoms. The minimum Gasteiger partial charge on any atom is -0.361 e. The van der Waals surface area contributed by atoms with Gasteiger partial charge in [0, 0.05) is 30.2 Å². The van der Waals surface area contributed by atoms with Crippen LogP contribution in [0.25, 0.3) is 0 Å². The second-order valence-electron chi connectivity index (χ2n) is 4.90. The number of aryl methyl sites for hydroxylation is 2. The molecule has 0 aromatic carbocycles. The van der Waals surface area contributed by atoms with Crippen molar-refractivity contribution in [2.24, 2.45) is 0 Å². The van der Waals surface area contributed by atoms with Gasteiger partial charge in [0.1, 0.15) is 5.76 Å². The van der Waals surface area contributed by atoms with Crippen molar-refractivity contribution in [1.82, 2.24) is 19.9 Å². The van der Waals surface area contributed by atoms with Gasteiger partial charge >= 0.3 is 0 Å². The molecule has 7 heteroatoms. The molecule has 1 N–H and O–H groups in total. The van der Waals surface area contributed by atoms with E-state index in [9.17, 15) is 4.79 Å². The van der Waals surface area contributed by atoms with Crippen LogP contribution in [0.4, 0.5) is 5.82 Å². The Bertz CT molecular complexity index is 772. The highest BCUT2D eigenvalue weighted by Gasteiger charge is 2.11. The lowest BCUT2D eigenvalue weighted by Gasteiger charge is -2.02. The third-order valence-electron chi connectivity index (χ3n) is 3.31. The predicted octanol–water partition coefficient (Wildman–Crippen LogP) is 2.18. The Labute approximate surface area is 127 Å². The number of aromatic nitrogens is 4. The van der Waals surface area contributed by atoms with Gasteiger partial charge in [0.2, 0.25) is 0 Å². The fraction of sp³-hybridized carbons (Fsp3) is 0.200. The number of hydrogen-bond donors (Lipinski definition) is 1. The number of nitrogens with zero attached hydrogens (tertiary/aromatic N) is 4. The molecule has 0 aliphatic heterocycles. The summed E-state index contributed by atoms with van der Waals surface area (Å²) in [7, 11) is 0. The molecule has 7 nitrogen and oxygen atoms in total. The maximum absolute atomic E-state index is 12.0. The summed E-state index contributed by atoms with van der Waals surface area (Å²) in [6.07, 6.45) is 4.93. The van der Waals surface area contributed by atoms with Crippen molar-refractivity contribution in [2.45, 2.75) is 20.4 Å². The van der Waals surface area contributed by atoms with E-state index < -0.39 is 0 Å². The fourth-order valence-electron chi connectivity index (χ4n) is 2.09. The molecule has 0 aliphatic rings. The smallest absolute Gasteiger partial charge is 0.258 e. The van der Waals surface area contributed by atoms with Crippen molar-refractivity contribution in [1.29, 1.82) is 0 Å². The molecule has 0 fully saturated rings. The summed E-state index contributed by atoms with van der Waals surface area (Å²) in [6, 6.07) is 5.15. The van der Waals surface area contributed by atoms with Crippen molar-refractivity contribution >= 4 is 11.7 Å². The summed E-state index contributed by atoms with van der Waals surface area (Å²) < 4.78 is 6.86. The monoisotopic (exact) mass is 297 g/mol. The Balaban J connectivity index is 1.70. The van der Waals surface area contributed by atoms with E-state index in [1.54, 1.807) is 35.3 Å². The van der Waals surface area contributed by atoms with E-state index in [1.807, 2.05) is 13.8 Å². The van der Waals surface area contributed by atoms with Gasteiger partial charge in [0.15, 0.2) is 5.82 Å². The van der Waals surface area contributed by atoms with E-state index in [-0.39, 0.29) is 5.91 Å². The molecule has 3 heterocycles. The summed E-state index contributed by atoms with van der Waals surface area (Å²) in [5.74, 6) is 1.02. The molecular formula is C15H15N5O2. The molecule has 3 rings (SSSR count). The van der Waals surface area contributed by atoms with Gasteiger partial charge in [-0.05, 0) is 26.0 Å². The number of carbonyl (C=O) groups excluding carboxylic acids is 1. The summed E-state index contributed by atoms with van der Waals surface area (Å²) in [5.41, 5.74) is 2.32. The van der Waals surface area contributed by atoms with E-state index in [1.165, 1.54) is 6.20 Å². The third kappa shape index (κ3) is 2.88. The number of anilines is 1. The maximum Gasteiger partial charge on any atom is 0.258 e. The first-order valence-electron chi connectivity index (χ1n) is 6.80. The normalized spacial score (nSPS) is 10.6. The Morgan fingerprint density at radius 1 is 1.36 bits per heavy atom. The maximum atomic E-state index is 12.0. The summed E-state index contributed by atoms with van der Waals surface area (Å²) >= 11 is 0. The zero-order valence-electron chi connectivity index (χ0n) is 12.3. The lowest BCUT2D eigenvalue weighted by atomic mass is 10.2. The standard InChI is InChI=1S/C15H15N5O2/c1-10-13(11(2)22-19-10)9-20-7-5-14(18-20)17-15(21)12-4-3-6-16-8-12/h3-8H,9H2,1-2H3,(H,17,18,21). The molecule has 22 heavy (non-hydrogen) atoms.